The summed E-state index contributed by atoms with van der Waals surface area (Å²) >= 11 is 0. The molecule has 3 aromatic rings. The van der Waals surface area contributed by atoms with Gasteiger partial charge in [-0.15, -0.1) is 0 Å². The molecule has 0 radical (unpaired) electrons. The number of amidine groups is 1. The highest BCUT2D eigenvalue weighted by Gasteiger charge is 2.39. The number of aromatic nitrogens is 3. The lowest BCUT2D eigenvalue weighted by atomic mass is 9.78. The molecule has 2 aromatic heterocycles. The number of likely N-dealkylation sites (tertiary alicyclic amines) is 1. The van der Waals surface area contributed by atoms with Crippen molar-refractivity contribution in [3.63, 3.8) is 0 Å². The first-order valence-electron chi connectivity index (χ1n) is 10.0. The van der Waals surface area contributed by atoms with Gasteiger partial charge in [0.05, 0.1) is 12.2 Å². The number of nitrogens with zero attached hydrogens (tertiary/aromatic N) is 4. The molecule has 31 heavy (non-hydrogen) atoms. The van der Waals surface area contributed by atoms with Crippen LogP contribution in [-0.2, 0) is 0 Å². The van der Waals surface area contributed by atoms with Crippen molar-refractivity contribution in [2.45, 2.75) is 43.7 Å². The van der Waals surface area contributed by atoms with Crippen LogP contribution >= 0.6 is 0 Å². The zero-order valence-electron chi connectivity index (χ0n) is 16.4. The number of urea groups is 1. The van der Waals surface area contributed by atoms with Gasteiger partial charge < -0.3 is 5.32 Å². The van der Waals surface area contributed by atoms with E-state index in [1.165, 1.54) is 27.7 Å². The van der Waals surface area contributed by atoms with Gasteiger partial charge in [0.15, 0.2) is 11.5 Å². The van der Waals surface area contributed by atoms with E-state index >= 15 is 0 Å². The number of hydrogen-bond acceptors (Lipinski definition) is 4. The summed E-state index contributed by atoms with van der Waals surface area (Å²) in [5.41, 5.74) is 1.32. The second kappa shape index (κ2) is 7.36. The Balaban J connectivity index is 1.27. The average molecular weight is 428 g/mol. The Morgan fingerprint density at radius 2 is 1.90 bits per heavy atom. The number of benzene rings is 1. The molecule has 2 N–H and O–H groups in total. The lowest BCUT2D eigenvalue weighted by molar-refractivity contribution is 0.194. The largest absolute Gasteiger partial charge is 0.335 e. The molecule has 0 bridgehead atoms. The molecule has 1 atom stereocenters. The maximum atomic E-state index is 13.7. The number of rotatable bonds is 3. The summed E-state index contributed by atoms with van der Waals surface area (Å²) in [7, 11) is 0. The molecule has 1 aliphatic carbocycles. The fraction of sp³-hybridized carbons (Fsp3) is 0.333. The Morgan fingerprint density at radius 3 is 2.65 bits per heavy atom. The van der Waals surface area contributed by atoms with Gasteiger partial charge in [-0.05, 0) is 43.0 Å². The second-order valence-corrected chi connectivity index (χ2v) is 7.99. The summed E-state index contributed by atoms with van der Waals surface area (Å²) in [4.78, 5) is 18.1. The van der Waals surface area contributed by atoms with Crippen molar-refractivity contribution in [2.24, 2.45) is 0 Å². The number of amides is 2. The Kier molecular flexibility index (Phi) is 4.64. The smallest absolute Gasteiger partial charge is 0.323 e. The molecule has 1 aliphatic heterocycles. The minimum absolute atomic E-state index is 0.0845. The highest BCUT2D eigenvalue weighted by atomic mass is 19.1. The summed E-state index contributed by atoms with van der Waals surface area (Å²) in [6.07, 6.45) is 4.71. The Hall–Kier alpha value is -3.43. The van der Waals surface area contributed by atoms with Gasteiger partial charge in [0.2, 0.25) is 0 Å². The molecule has 7 nitrogen and oxygen atoms in total. The van der Waals surface area contributed by atoms with E-state index in [1.807, 2.05) is 0 Å². The normalized spacial score (nSPS) is 23.3. The van der Waals surface area contributed by atoms with Crippen LogP contribution in [0, 0.1) is 22.9 Å². The van der Waals surface area contributed by atoms with Gasteiger partial charge in [-0.2, -0.15) is 5.10 Å². The molecule has 2 aliphatic rings. The van der Waals surface area contributed by atoms with Gasteiger partial charge >= 0.3 is 6.03 Å². The highest BCUT2D eigenvalue weighted by molar-refractivity contribution is 5.98. The molecule has 0 unspecified atom stereocenters. The van der Waals surface area contributed by atoms with Crippen LogP contribution in [0.25, 0.3) is 5.65 Å². The number of nitrogens with one attached hydrogen (secondary N) is 2. The first-order valence-corrected chi connectivity index (χ1v) is 10.0. The number of halogens is 3. The molecule has 1 aromatic carbocycles. The summed E-state index contributed by atoms with van der Waals surface area (Å²) < 4.78 is 42.5. The third-order valence-electron chi connectivity index (χ3n) is 6.02. The van der Waals surface area contributed by atoms with Crippen molar-refractivity contribution in [3.05, 3.63) is 65.4 Å². The molecular weight excluding hydrogens is 409 g/mol. The van der Waals surface area contributed by atoms with Gasteiger partial charge in [0.1, 0.15) is 17.5 Å². The summed E-state index contributed by atoms with van der Waals surface area (Å²) in [6.45, 7) is 0. The van der Waals surface area contributed by atoms with Crippen LogP contribution in [-0.4, -0.2) is 37.4 Å². The molecule has 10 heteroatoms. The van der Waals surface area contributed by atoms with Gasteiger partial charge in [-0.3, -0.25) is 10.3 Å². The number of fused-ring (bicyclic) bond motifs is 1. The molecule has 2 amide bonds. The Morgan fingerprint density at radius 1 is 1.16 bits per heavy atom. The number of carbonyl (C=O) groups excluding carboxylic acids is 1. The standard InChI is InChI=1S/C21H19F3N6O/c22-13-5-11(6-14(23)9-13)17-1-2-19(25)29(17)21(31)28-15-7-12(8-15)18-3-4-26-20-16(24)10-27-30(18)20/h3-6,9-10,12,15,17,25H,1-2,7-8H2,(H,28,31)/t12?,15?,17-/m0/s1. The SMILES string of the molecule is N=C1CC[C@@H](c2cc(F)cc(F)c2)N1C(=O)NC1CC(c2ccnc3c(F)cnn23)C1. The van der Waals surface area contributed by atoms with Gasteiger partial charge in [-0.1, -0.05) is 0 Å². The zero-order chi connectivity index (χ0) is 21.7. The van der Waals surface area contributed by atoms with E-state index in [4.69, 9.17) is 5.41 Å². The molecular formula is C21H19F3N6O. The predicted molar refractivity (Wildman–Crippen MR) is 105 cm³/mol. The monoisotopic (exact) mass is 428 g/mol. The third-order valence-corrected chi connectivity index (χ3v) is 6.02. The zero-order valence-corrected chi connectivity index (χ0v) is 16.4. The molecule has 160 valence electrons. The first-order chi connectivity index (χ1) is 14.9. The van der Waals surface area contributed by atoms with Gasteiger partial charge in [-0.25, -0.2) is 27.5 Å². The topological polar surface area (TPSA) is 86.4 Å². The summed E-state index contributed by atoms with van der Waals surface area (Å²) in [5.74, 6) is -1.71. The van der Waals surface area contributed by atoms with Crippen LogP contribution < -0.4 is 5.32 Å². The van der Waals surface area contributed by atoms with Crippen LogP contribution in [0.15, 0.2) is 36.7 Å². The third kappa shape index (κ3) is 3.41. The van der Waals surface area contributed by atoms with Crippen molar-refractivity contribution < 1.29 is 18.0 Å². The molecule has 1 saturated heterocycles. The van der Waals surface area contributed by atoms with Crippen LogP contribution in [0.3, 0.4) is 0 Å². The number of hydrogen-bond donors (Lipinski definition) is 2. The molecule has 3 heterocycles. The van der Waals surface area contributed by atoms with Gasteiger partial charge in [0.25, 0.3) is 0 Å². The van der Waals surface area contributed by atoms with Crippen molar-refractivity contribution >= 4 is 17.5 Å². The quantitative estimate of drug-likeness (QED) is 0.663. The summed E-state index contributed by atoms with van der Waals surface area (Å²) in [6, 6.07) is 3.80. The predicted octanol–water partition coefficient (Wildman–Crippen LogP) is 3.92. The molecule has 0 spiro atoms. The molecule has 2 fully saturated rings. The minimum atomic E-state index is -0.714. The fourth-order valence-corrected chi connectivity index (χ4v) is 4.47. The van der Waals surface area contributed by atoms with E-state index in [-0.39, 0.29) is 23.4 Å². The minimum Gasteiger partial charge on any atom is -0.335 e. The van der Waals surface area contributed by atoms with Gasteiger partial charge in [0, 0.05) is 36.3 Å². The second-order valence-electron chi connectivity index (χ2n) is 7.99. The molecule has 5 rings (SSSR count). The Bertz CT molecular complexity index is 1170. The van der Waals surface area contributed by atoms with Crippen molar-refractivity contribution in [2.75, 3.05) is 0 Å². The van der Waals surface area contributed by atoms with E-state index < -0.39 is 29.5 Å². The van der Waals surface area contributed by atoms with Crippen molar-refractivity contribution in [3.8, 4) is 0 Å². The average Bonchev–Trinajstić information content (AvgIpc) is 3.27. The van der Waals surface area contributed by atoms with Crippen molar-refractivity contribution in [1.29, 1.82) is 5.41 Å². The lowest BCUT2D eigenvalue weighted by Crippen LogP contribution is -2.50. The Labute approximate surface area is 175 Å². The van der Waals surface area contributed by atoms with Crippen LogP contribution in [0.4, 0.5) is 18.0 Å². The van der Waals surface area contributed by atoms with Crippen LogP contribution in [0.5, 0.6) is 0 Å². The fourth-order valence-electron chi connectivity index (χ4n) is 4.47. The maximum absolute atomic E-state index is 13.7. The summed E-state index contributed by atoms with van der Waals surface area (Å²) in [5, 5.41) is 15.1. The van der Waals surface area contributed by atoms with E-state index in [1.54, 1.807) is 6.07 Å². The van der Waals surface area contributed by atoms with E-state index in [0.29, 0.717) is 31.2 Å². The van der Waals surface area contributed by atoms with Crippen LogP contribution in [0.2, 0.25) is 0 Å². The van der Waals surface area contributed by atoms with E-state index in [0.717, 1.165) is 18.0 Å². The van der Waals surface area contributed by atoms with Crippen molar-refractivity contribution in [1.82, 2.24) is 24.8 Å². The lowest BCUT2D eigenvalue weighted by Gasteiger charge is -2.37. The number of carbonyl (C=O) groups is 1. The first kappa shape index (κ1) is 19.5. The maximum Gasteiger partial charge on any atom is 0.323 e. The highest BCUT2D eigenvalue weighted by Crippen LogP contribution is 2.38. The van der Waals surface area contributed by atoms with Crippen LogP contribution in [0.1, 0.15) is 48.9 Å². The molecule has 1 saturated carbocycles. The van der Waals surface area contributed by atoms with E-state index in [2.05, 4.69) is 15.4 Å². The van der Waals surface area contributed by atoms with E-state index in [9.17, 15) is 18.0 Å².